The molecule has 1 amide bonds. The third-order valence-corrected chi connectivity index (χ3v) is 4.06. The predicted molar refractivity (Wildman–Crippen MR) is 88.5 cm³/mol. The zero-order chi connectivity index (χ0) is 16.7. The Hall–Kier alpha value is -2.22. The number of nitrogens with zero attached hydrogens (tertiary/aromatic N) is 4. The number of rotatable bonds is 8. The third kappa shape index (κ3) is 5.17. The lowest BCUT2D eigenvalue weighted by Crippen LogP contribution is -2.15. The Kier molecular flexibility index (Phi) is 6.28. The number of unbranched alkanes of at least 4 members (excludes halogenated alkanes) is 1. The first-order chi connectivity index (χ1) is 11.1. The van der Waals surface area contributed by atoms with Crippen molar-refractivity contribution in [2.45, 2.75) is 38.4 Å². The Morgan fingerprint density at radius 2 is 2.17 bits per heavy atom. The summed E-state index contributed by atoms with van der Waals surface area (Å²) < 4.78 is 1.71. The van der Waals surface area contributed by atoms with Crippen molar-refractivity contribution in [1.29, 1.82) is 0 Å². The fourth-order valence-corrected chi connectivity index (χ4v) is 2.59. The fraction of sp³-hybridized carbons (Fsp3) is 0.400. The molecule has 0 radical (unpaired) electrons. The molecule has 0 atom stereocenters. The molecule has 23 heavy (non-hydrogen) atoms. The van der Waals surface area contributed by atoms with Gasteiger partial charge in [0.05, 0.1) is 5.75 Å². The molecule has 2 rings (SSSR count). The summed E-state index contributed by atoms with van der Waals surface area (Å²) in [6.45, 7) is 4.33. The van der Waals surface area contributed by atoms with Crippen molar-refractivity contribution >= 4 is 29.1 Å². The highest BCUT2D eigenvalue weighted by molar-refractivity contribution is 7.99. The van der Waals surface area contributed by atoms with E-state index in [-0.39, 0.29) is 17.4 Å². The van der Waals surface area contributed by atoms with E-state index >= 15 is 0 Å². The van der Waals surface area contributed by atoms with Crippen LogP contribution in [0.15, 0.2) is 29.4 Å². The van der Waals surface area contributed by atoms with Gasteiger partial charge in [0.2, 0.25) is 11.1 Å². The Morgan fingerprint density at radius 1 is 1.35 bits per heavy atom. The van der Waals surface area contributed by atoms with Gasteiger partial charge in [-0.25, -0.2) is 4.68 Å². The maximum absolute atomic E-state index is 12.0. The van der Waals surface area contributed by atoms with Gasteiger partial charge in [-0.3, -0.25) is 9.59 Å². The van der Waals surface area contributed by atoms with E-state index in [0.29, 0.717) is 16.4 Å². The lowest BCUT2D eigenvalue weighted by molar-refractivity contribution is -0.113. The Labute approximate surface area is 138 Å². The Balaban J connectivity index is 1.89. The SMILES string of the molecule is CCCCn1nnnc1SCC(=O)Nc1cccc(C(C)=O)c1. The van der Waals surface area contributed by atoms with E-state index in [4.69, 9.17) is 0 Å². The molecule has 0 aliphatic rings. The average molecular weight is 333 g/mol. The number of nitrogens with one attached hydrogen (secondary N) is 1. The molecular weight excluding hydrogens is 314 g/mol. The molecule has 2 aromatic rings. The lowest BCUT2D eigenvalue weighted by Gasteiger charge is -2.06. The van der Waals surface area contributed by atoms with Gasteiger partial charge in [0.1, 0.15) is 0 Å². The molecule has 0 saturated heterocycles. The number of carbonyl (C=O) groups excluding carboxylic acids is 2. The molecule has 8 heteroatoms. The number of anilines is 1. The molecule has 7 nitrogen and oxygen atoms in total. The van der Waals surface area contributed by atoms with Crippen molar-refractivity contribution in [1.82, 2.24) is 20.2 Å². The van der Waals surface area contributed by atoms with Gasteiger partial charge >= 0.3 is 0 Å². The topological polar surface area (TPSA) is 89.8 Å². The molecule has 0 aliphatic heterocycles. The summed E-state index contributed by atoms with van der Waals surface area (Å²) in [5, 5.41) is 14.9. The number of amides is 1. The number of carbonyl (C=O) groups is 2. The number of benzene rings is 1. The quantitative estimate of drug-likeness (QED) is 0.589. The molecule has 1 aromatic heterocycles. The van der Waals surface area contributed by atoms with Gasteiger partial charge < -0.3 is 5.32 Å². The summed E-state index contributed by atoms with van der Waals surface area (Å²) in [5.74, 6) is 0.00267. The maximum atomic E-state index is 12.0. The highest BCUT2D eigenvalue weighted by Crippen LogP contribution is 2.16. The molecule has 1 N–H and O–H groups in total. The Morgan fingerprint density at radius 3 is 2.91 bits per heavy atom. The van der Waals surface area contributed by atoms with Crippen molar-refractivity contribution in [3.8, 4) is 0 Å². The molecule has 0 unspecified atom stereocenters. The van der Waals surface area contributed by atoms with Gasteiger partial charge in [0.15, 0.2) is 5.78 Å². The number of aromatic nitrogens is 4. The second kappa shape index (κ2) is 8.42. The summed E-state index contributed by atoms with van der Waals surface area (Å²) in [6.07, 6.45) is 2.04. The predicted octanol–water partition coefficient (Wildman–Crippen LogP) is 2.41. The number of thioether (sulfide) groups is 1. The fourth-order valence-electron chi connectivity index (χ4n) is 1.89. The van der Waals surface area contributed by atoms with E-state index in [9.17, 15) is 9.59 Å². The summed E-state index contributed by atoms with van der Waals surface area (Å²) in [6, 6.07) is 6.87. The first-order valence-corrected chi connectivity index (χ1v) is 8.38. The molecule has 0 spiro atoms. The van der Waals surface area contributed by atoms with Crippen molar-refractivity contribution in [2.24, 2.45) is 0 Å². The van der Waals surface area contributed by atoms with Gasteiger partial charge in [-0.1, -0.05) is 37.2 Å². The molecule has 0 saturated carbocycles. The van der Waals surface area contributed by atoms with Crippen LogP contribution in [0.4, 0.5) is 5.69 Å². The molecule has 0 aliphatic carbocycles. The van der Waals surface area contributed by atoms with Crippen LogP contribution in [0, 0.1) is 0 Å². The number of ketones is 1. The maximum Gasteiger partial charge on any atom is 0.234 e. The van der Waals surface area contributed by atoms with Crippen LogP contribution >= 0.6 is 11.8 Å². The highest BCUT2D eigenvalue weighted by Gasteiger charge is 2.10. The summed E-state index contributed by atoms with van der Waals surface area (Å²) in [5.41, 5.74) is 1.17. The van der Waals surface area contributed by atoms with Gasteiger partial charge in [0.25, 0.3) is 0 Å². The molecule has 0 fully saturated rings. The van der Waals surface area contributed by atoms with Crippen LogP contribution in [-0.4, -0.2) is 37.7 Å². The van der Waals surface area contributed by atoms with E-state index in [2.05, 4.69) is 27.8 Å². The van der Waals surface area contributed by atoms with Crippen LogP contribution in [0.1, 0.15) is 37.0 Å². The minimum absolute atomic E-state index is 0.0365. The largest absolute Gasteiger partial charge is 0.325 e. The summed E-state index contributed by atoms with van der Waals surface area (Å²) in [4.78, 5) is 23.4. The molecule has 122 valence electrons. The highest BCUT2D eigenvalue weighted by atomic mass is 32.2. The Bertz CT molecular complexity index is 686. The smallest absolute Gasteiger partial charge is 0.234 e. The average Bonchev–Trinajstić information content (AvgIpc) is 2.98. The summed E-state index contributed by atoms with van der Waals surface area (Å²) >= 11 is 1.29. The van der Waals surface area contributed by atoms with Crippen LogP contribution < -0.4 is 5.32 Å². The van der Waals surface area contributed by atoms with Crippen LogP contribution in [0.25, 0.3) is 0 Å². The molecular formula is C15H19N5O2S. The van der Waals surface area contributed by atoms with E-state index in [0.717, 1.165) is 19.4 Å². The van der Waals surface area contributed by atoms with E-state index in [1.54, 1.807) is 28.9 Å². The van der Waals surface area contributed by atoms with Crippen molar-refractivity contribution in [3.63, 3.8) is 0 Å². The first-order valence-electron chi connectivity index (χ1n) is 7.40. The van der Waals surface area contributed by atoms with Crippen LogP contribution in [0.2, 0.25) is 0 Å². The third-order valence-electron chi connectivity index (χ3n) is 3.11. The van der Waals surface area contributed by atoms with Gasteiger partial charge in [-0.15, -0.1) is 5.10 Å². The van der Waals surface area contributed by atoms with E-state index in [1.807, 2.05) is 0 Å². The number of hydrogen-bond acceptors (Lipinski definition) is 6. The monoisotopic (exact) mass is 333 g/mol. The summed E-state index contributed by atoms with van der Waals surface area (Å²) in [7, 11) is 0. The second-order valence-corrected chi connectivity index (χ2v) is 5.95. The molecule has 0 bridgehead atoms. The normalized spacial score (nSPS) is 10.5. The first kappa shape index (κ1) is 17.1. The lowest BCUT2D eigenvalue weighted by atomic mass is 10.1. The van der Waals surface area contributed by atoms with Gasteiger partial charge in [0, 0.05) is 17.8 Å². The van der Waals surface area contributed by atoms with Gasteiger partial charge in [-0.05, 0) is 35.9 Å². The number of hydrogen-bond donors (Lipinski definition) is 1. The number of Topliss-reactive ketones (excluding diaryl/α,β-unsaturated/α-hetero) is 1. The minimum atomic E-state index is -0.166. The van der Waals surface area contributed by atoms with Crippen molar-refractivity contribution < 1.29 is 9.59 Å². The zero-order valence-corrected chi connectivity index (χ0v) is 14.0. The second-order valence-electron chi connectivity index (χ2n) is 5.01. The zero-order valence-electron chi connectivity index (χ0n) is 13.2. The number of aryl methyl sites for hydroxylation is 1. The molecule has 1 aromatic carbocycles. The van der Waals surface area contributed by atoms with E-state index in [1.165, 1.54) is 18.7 Å². The van der Waals surface area contributed by atoms with Crippen LogP contribution in [0.5, 0.6) is 0 Å². The van der Waals surface area contributed by atoms with Crippen LogP contribution in [0.3, 0.4) is 0 Å². The van der Waals surface area contributed by atoms with Gasteiger partial charge in [-0.2, -0.15) is 0 Å². The number of tetrazole rings is 1. The molecule has 1 heterocycles. The van der Waals surface area contributed by atoms with Crippen molar-refractivity contribution in [3.05, 3.63) is 29.8 Å². The minimum Gasteiger partial charge on any atom is -0.325 e. The van der Waals surface area contributed by atoms with E-state index < -0.39 is 0 Å². The van der Waals surface area contributed by atoms with Crippen LogP contribution in [-0.2, 0) is 11.3 Å². The van der Waals surface area contributed by atoms with Crippen molar-refractivity contribution in [2.75, 3.05) is 11.1 Å². The standard InChI is InChI=1S/C15H19N5O2S/c1-3-4-8-20-15(17-18-19-20)23-10-14(22)16-13-7-5-6-12(9-13)11(2)21/h5-7,9H,3-4,8,10H2,1-2H3,(H,16,22).